The third kappa shape index (κ3) is 2.80. The van der Waals surface area contributed by atoms with Crippen LogP contribution < -0.4 is 16.4 Å². The normalized spacial score (nSPS) is 10.9. The van der Waals surface area contributed by atoms with Crippen molar-refractivity contribution in [3.05, 3.63) is 36.5 Å². The molecule has 0 saturated heterocycles. The number of hydrogen-bond acceptors (Lipinski definition) is 5. The number of hydrogen-bond donors (Lipinski definition) is 4. The average molecular weight is 282 g/mol. The maximum atomic E-state index is 5.91. The summed E-state index contributed by atoms with van der Waals surface area (Å²) in [7, 11) is 1.93. The molecule has 0 spiro atoms. The van der Waals surface area contributed by atoms with Crippen LogP contribution in [0.2, 0.25) is 0 Å². The maximum absolute atomic E-state index is 5.91. The summed E-state index contributed by atoms with van der Waals surface area (Å²) in [6.45, 7) is 1.72. The number of fused-ring (bicyclic) bond motifs is 1. The lowest BCUT2D eigenvalue weighted by molar-refractivity contribution is 0.824. The van der Waals surface area contributed by atoms with Crippen LogP contribution in [0.4, 0.5) is 11.5 Å². The molecule has 0 unspecified atom stereocenters. The minimum absolute atomic E-state index is 0.510. The van der Waals surface area contributed by atoms with Gasteiger partial charge >= 0.3 is 0 Å². The van der Waals surface area contributed by atoms with E-state index in [9.17, 15) is 0 Å². The van der Waals surface area contributed by atoms with Crippen molar-refractivity contribution in [2.45, 2.75) is 0 Å². The van der Waals surface area contributed by atoms with Gasteiger partial charge in [0.25, 0.3) is 0 Å². The Morgan fingerprint density at radius 2 is 2.10 bits per heavy atom. The van der Waals surface area contributed by atoms with E-state index in [2.05, 4.69) is 37.9 Å². The molecule has 6 nitrogen and oxygen atoms in total. The summed E-state index contributed by atoms with van der Waals surface area (Å²) in [6.07, 6.45) is 1.73. The third-order valence-corrected chi connectivity index (χ3v) is 3.33. The topological polar surface area (TPSA) is 91.7 Å². The van der Waals surface area contributed by atoms with Gasteiger partial charge in [-0.2, -0.15) is 5.10 Å². The highest BCUT2D eigenvalue weighted by atomic mass is 15.1. The Bertz CT molecular complexity index is 735. The number of nitrogens with zero attached hydrogens (tertiary/aromatic N) is 2. The number of nitrogen functional groups attached to an aromatic ring is 1. The molecule has 0 aliphatic rings. The smallest absolute Gasteiger partial charge is 0.126 e. The average Bonchev–Trinajstić information content (AvgIpc) is 3.01. The quantitative estimate of drug-likeness (QED) is 0.536. The predicted molar refractivity (Wildman–Crippen MR) is 86.2 cm³/mol. The summed E-state index contributed by atoms with van der Waals surface area (Å²) in [5.41, 5.74) is 9.79. The van der Waals surface area contributed by atoms with Crippen LogP contribution in [0.3, 0.4) is 0 Å². The van der Waals surface area contributed by atoms with E-state index in [4.69, 9.17) is 5.73 Å². The molecule has 0 fully saturated rings. The lowest BCUT2D eigenvalue weighted by atomic mass is 10.1. The van der Waals surface area contributed by atoms with Gasteiger partial charge in [-0.15, -0.1) is 0 Å². The minimum Gasteiger partial charge on any atom is -0.384 e. The lowest BCUT2D eigenvalue weighted by Crippen LogP contribution is -2.18. The van der Waals surface area contributed by atoms with Gasteiger partial charge < -0.3 is 16.4 Å². The van der Waals surface area contributed by atoms with Crippen molar-refractivity contribution < 1.29 is 0 Å². The molecule has 3 rings (SSSR count). The largest absolute Gasteiger partial charge is 0.384 e. The highest BCUT2D eigenvalue weighted by Gasteiger charge is 2.07. The number of nitrogens with one attached hydrogen (secondary N) is 3. The summed E-state index contributed by atoms with van der Waals surface area (Å²) in [5, 5.41) is 14.5. The second-order valence-electron chi connectivity index (χ2n) is 4.83. The zero-order valence-corrected chi connectivity index (χ0v) is 11.9. The Morgan fingerprint density at radius 1 is 1.19 bits per heavy atom. The molecule has 2 heterocycles. The van der Waals surface area contributed by atoms with E-state index in [0.29, 0.717) is 5.82 Å². The second-order valence-corrected chi connectivity index (χ2v) is 4.83. The predicted octanol–water partition coefficient (Wildman–Crippen LogP) is 1.84. The van der Waals surface area contributed by atoms with Gasteiger partial charge in [-0.1, -0.05) is 12.1 Å². The summed E-state index contributed by atoms with van der Waals surface area (Å²) >= 11 is 0. The Morgan fingerprint density at radius 3 is 2.86 bits per heavy atom. The molecule has 0 bridgehead atoms. The fourth-order valence-electron chi connectivity index (χ4n) is 2.30. The number of H-pyrrole nitrogens is 1. The van der Waals surface area contributed by atoms with Gasteiger partial charge in [0.1, 0.15) is 5.82 Å². The molecule has 0 saturated carbocycles. The van der Waals surface area contributed by atoms with Crippen molar-refractivity contribution in [1.29, 1.82) is 0 Å². The fraction of sp³-hybridized carbons (Fsp3) is 0.200. The highest BCUT2D eigenvalue weighted by Crippen LogP contribution is 2.28. The van der Waals surface area contributed by atoms with E-state index in [1.165, 1.54) is 0 Å². The molecule has 1 aromatic carbocycles. The van der Waals surface area contributed by atoms with Crippen LogP contribution >= 0.6 is 0 Å². The van der Waals surface area contributed by atoms with Crippen LogP contribution in [-0.2, 0) is 0 Å². The summed E-state index contributed by atoms with van der Waals surface area (Å²) < 4.78 is 0. The lowest BCUT2D eigenvalue weighted by Gasteiger charge is -2.11. The van der Waals surface area contributed by atoms with Gasteiger partial charge in [-0.05, 0) is 19.2 Å². The number of likely N-dealkylation sites (N-methyl/N-ethyl adjacent to an activating group) is 1. The first kappa shape index (κ1) is 13.4. The Hall–Kier alpha value is -2.60. The number of anilines is 2. The second kappa shape index (κ2) is 5.80. The first-order valence-corrected chi connectivity index (χ1v) is 6.86. The van der Waals surface area contributed by atoms with E-state index >= 15 is 0 Å². The van der Waals surface area contributed by atoms with Crippen LogP contribution in [0.5, 0.6) is 0 Å². The molecule has 3 aromatic rings. The molecule has 0 amide bonds. The molecule has 2 aromatic heterocycles. The van der Waals surface area contributed by atoms with E-state index < -0.39 is 0 Å². The van der Waals surface area contributed by atoms with Crippen molar-refractivity contribution in [2.75, 3.05) is 31.2 Å². The van der Waals surface area contributed by atoms with Gasteiger partial charge in [0.15, 0.2) is 0 Å². The zero-order valence-electron chi connectivity index (χ0n) is 11.9. The van der Waals surface area contributed by atoms with Gasteiger partial charge in [-0.25, -0.2) is 4.98 Å². The molecule has 5 N–H and O–H groups in total. The van der Waals surface area contributed by atoms with Crippen LogP contribution in [-0.4, -0.2) is 35.3 Å². The highest BCUT2D eigenvalue weighted by molar-refractivity contribution is 5.95. The molecular weight excluding hydrogens is 264 g/mol. The van der Waals surface area contributed by atoms with E-state index in [0.717, 1.165) is 40.9 Å². The number of rotatable bonds is 5. The van der Waals surface area contributed by atoms with Crippen molar-refractivity contribution in [3.63, 3.8) is 0 Å². The molecule has 0 radical (unpaired) electrons. The number of benzene rings is 1. The van der Waals surface area contributed by atoms with E-state index in [1.54, 1.807) is 6.20 Å². The third-order valence-electron chi connectivity index (χ3n) is 3.33. The van der Waals surface area contributed by atoms with Gasteiger partial charge in [-0.3, -0.25) is 5.10 Å². The van der Waals surface area contributed by atoms with E-state index in [-0.39, 0.29) is 0 Å². The SMILES string of the molecule is CNCCNc1cc(N)nc2cc(-c3ccn[nH]3)ccc12. The van der Waals surface area contributed by atoms with Crippen LogP contribution in [0.25, 0.3) is 22.2 Å². The summed E-state index contributed by atoms with van der Waals surface area (Å²) in [4.78, 5) is 4.42. The van der Waals surface area contributed by atoms with Crippen LogP contribution in [0.1, 0.15) is 0 Å². The number of aromatic nitrogens is 3. The molecule has 0 aliphatic heterocycles. The molecule has 6 heteroatoms. The number of pyridine rings is 1. The maximum Gasteiger partial charge on any atom is 0.126 e. The van der Waals surface area contributed by atoms with Crippen molar-refractivity contribution in [3.8, 4) is 11.3 Å². The molecule has 0 aliphatic carbocycles. The molecule has 0 atom stereocenters. The zero-order chi connectivity index (χ0) is 14.7. The standard InChI is InChI=1S/C15H18N6/c1-17-6-7-18-13-9-15(16)20-14-8-10(2-3-11(13)14)12-4-5-19-21-12/h2-5,8-9,17H,6-7H2,1H3,(H,19,21)(H3,16,18,20). The van der Waals surface area contributed by atoms with Crippen molar-refractivity contribution in [1.82, 2.24) is 20.5 Å². The van der Waals surface area contributed by atoms with Gasteiger partial charge in [0.2, 0.25) is 0 Å². The number of nitrogens with two attached hydrogens (primary N) is 1. The van der Waals surface area contributed by atoms with Crippen LogP contribution in [0.15, 0.2) is 36.5 Å². The van der Waals surface area contributed by atoms with Crippen molar-refractivity contribution in [2.24, 2.45) is 0 Å². The Labute approximate surface area is 122 Å². The van der Waals surface area contributed by atoms with Gasteiger partial charge in [0.05, 0.1) is 11.2 Å². The Balaban J connectivity index is 2.01. The van der Waals surface area contributed by atoms with E-state index in [1.807, 2.05) is 25.2 Å². The Kier molecular flexibility index (Phi) is 3.70. The first-order valence-electron chi connectivity index (χ1n) is 6.86. The summed E-state index contributed by atoms with van der Waals surface area (Å²) in [5.74, 6) is 0.510. The first-order chi connectivity index (χ1) is 10.3. The summed E-state index contributed by atoms with van der Waals surface area (Å²) in [6, 6.07) is 9.92. The van der Waals surface area contributed by atoms with Gasteiger partial charge in [0, 0.05) is 42.0 Å². The fourth-order valence-corrected chi connectivity index (χ4v) is 2.30. The molecule has 21 heavy (non-hydrogen) atoms. The minimum atomic E-state index is 0.510. The molecular formula is C15H18N6. The monoisotopic (exact) mass is 282 g/mol. The number of aromatic amines is 1. The molecule has 108 valence electrons. The van der Waals surface area contributed by atoms with Crippen molar-refractivity contribution >= 4 is 22.4 Å². The van der Waals surface area contributed by atoms with Crippen LogP contribution in [0, 0.1) is 0 Å².